The molecule has 0 heterocycles. The van der Waals surface area contributed by atoms with E-state index in [1.54, 1.807) is 13.0 Å². The second-order valence-electron chi connectivity index (χ2n) is 7.08. The topological polar surface area (TPSA) is 86.8 Å². The lowest BCUT2D eigenvalue weighted by molar-refractivity contribution is -0.139. The van der Waals surface area contributed by atoms with Gasteiger partial charge in [0.1, 0.15) is 12.6 Å². The van der Waals surface area contributed by atoms with Crippen LogP contribution in [0.1, 0.15) is 18.1 Å². The van der Waals surface area contributed by atoms with E-state index in [9.17, 15) is 18.0 Å². The molecule has 2 rings (SSSR count). The van der Waals surface area contributed by atoms with Crippen molar-refractivity contribution in [1.29, 1.82) is 0 Å². The van der Waals surface area contributed by atoms with Gasteiger partial charge in [-0.1, -0.05) is 53.5 Å². The van der Waals surface area contributed by atoms with Gasteiger partial charge in [-0.25, -0.2) is 8.42 Å². The minimum Gasteiger partial charge on any atom is -0.357 e. The van der Waals surface area contributed by atoms with Gasteiger partial charge in [0.05, 0.1) is 22.0 Å². The van der Waals surface area contributed by atoms with Gasteiger partial charge in [-0.05, 0) is 37.1 Å². The monoisotopic (exact) mass is 485 g/mol. The molecule has 0 fully saturated rings. The maximum Gasteiger partial charge on any atom is 0.244 e. The standard InChI is InChI=1S/C21H25Cl2N3O4S/c1-14-8-5-6-9-16(14)12-25(15(2)21(28)24-3)19(27)13-26(31(4,29)30)18-11-7-10-17(22)20(18)23/h5-11,15H,12-13H2,1-4H3,(H,24,28)/t15-/m1/s1. The third-order valence-electron chi connectivity index (χ3n) is 4.89. The smallest absolute Gasteiger partial charge is 0.244 e. The van der Waals surface area contributed by atoms with Gasteiger partial charge in [0.2, 0.25) is 21.8 Å². The normalized spacial score (nSPS) is 12.2. The van der Waals surface area contributed by atoms with Crippen molar-refractivity contribution < 1.29 is 18.0 Å². The number of sulfonamides is 1. The Kier molecular flexibility index (Phi) is 8.34. The Morgan fingerprint density at radius 1 is 1.10 bits per heavy atom. The molecular formula is C21H25Cl2N3O4S. The van der Waals surface area contributed by atoms with Crippen LogP contribution in [0.25, 0.3) is 0 Å². The quantitative estimate of drug-likeness (QED) is 0.621. The number of rotatable bonds is 8. The van der Waals surface area contributed by atoms with Gasteiger partial charge in [-0.2, -0.15) is 0 Å². The SMILES string of the molecule is CNC(=O)[C@@H](C)N(Cc1ccccc1C)C(=O)CN(c1cccc(Cl)c1Cl)S(C)(=O)=O. The first-order chi connectivity index (χ1) is 14.5. The van der Waals surface area contributed by atoms with Crippen LogP contribution in [-0.4, -0.2) is 51.0 Å². The minimum atomic E-state index is -3.88. The Balaban J connectivity index is 2.45. The number of likely N-dealkylation sites (N-methyl/N-ethyl adjacent to an activating group) is 1. The fourth-order valence-corrected chi connectivity index (χ4v) is 4.34. The summed E-state index contributed by atoms with van der Waals surface area (Å²) in [5, 5.41) is 2.71. The third kappa shape index (κ3) is 6.12. The van der Waals surface area contributed by atoms with Gasteiger partial charge in [0, 0.05) is 13.6 Å². The van der Waals surface area contributed by atoms with E-state index in [1.807, 2.05) is 31.2 Å². The number of carbonyl (C=O) groups excluding carboxylic acids is 2. The highest BCUT2D eigenvalue weighted by molar-refractivity contribution is 7.92. The first kappa shape index (κ1) is 25.0. The number of carbonyl (C=O) groups is 2. The van der Waals surface area contributed by atoms with Crippen molar-refractivity contribution in [1.82, 2.24) is 10.2 Å². The molecule has 0 aliphatic rings. The van der Waals surface area contributed by atoms with Crippen LogP contribution in [0.15, 0.2) is 42.5 Å². The molecular weight excluding hydrogens is 461 g/mol. The second-order valence-corrected chi connectivity index (χ2v) is 9.77. The van der Waals surface area contributed by atoms with E-state index in [1.165, 1.54) is 24.1 Å². The molecule has 0 bridgehead atoms. The maximum absolute atomic E-state index is 13.3. The van der Waals surface area contributed by atoms with Gasteiger partial charge < -0.3 is 10.2 Å². The average Bonchev–Trinajstić information content (AvgIpc) is 2.71. The molecule has 10 heteroatoms. The summed E-state index contributed by atoms with van der Waals surface area (Å²) in [5.74, 6) is -0.922. The molecule has 0 saturated carbocycles. The summed E-state index contributed by atoms with van der Waals surface area (Å²) in [6, 6.07) is 11.2. The Labute approximate surface area is 193 Å². The molecule has 1 N–H and O–H groups in total. The van der Waals surface area contributed by atoms with Crippen LogP contribution in [0.2, 0.25) is 10.0 Å². The minimum absolute atomic E-state index is 0.0206. The number of benzene rings is 2. The zero-order valence-electron chi connectivity index (χ0n) is 17.7. The molecule has 168 valence electrons. The molecule has 7 nitrogen and oxygen atoms in total. The van der Waals surface area contributed by atoms with Crippen molar-refractivity contribution in [3.63, 3.8) is 0 Å². The van der Waals surface area contributed by atoms with Gasteiger partial charge in [0.25, 0.3) is 0 Å². The molecule has 0 radical (unpaired) electrons. The van der Waals surface area contributed by atoms with E-state index in [4.69, 9.17) is 23.2 Å². The van der Waals surface area contributed by atoms with Gasteiger partial charge in [-0.3, -0.25) is 13.9 Å². The molecule has 2 aromatic rings. The number of amides is 2. The number of nitrogens with one attached hydrogen (secondary N) is 1. The van der Waals surface area contributed by atoms with Crippen molar-refractivity contribution in [2.75, 3.05) is 24.2 Å². The molecule has 0 aromatic heterocycles. The van der Waals surface area contributed by atoms with Crippen LogP contribution in [0.4, 0.5) is 5.69 Å². The largest absolute Gasteiger partial charge is 0.357 e. The van der Waals surface area contributed by atoms with Crippen molar-refractivity contribution in [2.24, 2.45) is 0 Å². The molecule has 2 amide bonds. The van der Waals surface area contributed by atoms with E-state index in [2.05, 4.69) is 5.32 Å². The summed E-state index contributed by atoms with van der Waals surface area (Å²) in [7, 11) is -2.40. The number of hydrogen-bond acceptors (Lipinski definition) is 4. The van der Waals surface area contributed by atoms with E-state index in [-0.39, 0.29) is 28.2 Å². The number of anilines is 1. The fraction of sp³-hybridized carbons (Fsp3) is 0.333. The lowest BCUT2D eigenvalue weighted by atomic mass is 10.1. The molecule has 0 aliphatic heterocycles. The summed E-state index contributed by atoms with van der Waals surface area (Å²) < 4.78 is 25.9. The van der Waals surface area contributed by atoms with Crippen molar-refractivity contribution >= 4 is 50.7 Å². The molecule has 0 aliphatic carbocycles. The Bertz CT molecular complexity index is 1080. The summed E-state index contributed by atoms with van der Waals surface area (Å²) in [6.45, 7) is 3.09. The zero-order chi connectivity index (χ0) is 23.3. The predicted octanol–water partition coefficient (Wildman–Crippen LogP) is 3.23. The fourth-order valence-electron chi connectivity index (χ4n) is 3.04. The average molecular weight is 486 g/mol. The van der Waals surface area contributed by atoms with Crippen LogP contribution >= 0.6 is 23.2 Å². The van der Waals surface area contributed by atoms with Crippen molar-refractivity contribution in [2.45, 2.75) is 26.4 Å². The Hall–Kier alpha value is -2.29. The summed E-state index contributed by atoms with van der Waals surface area (Å²) in [6.07, 6.45) is 0.978. The lowest BCUT2D eigenvalue weighted by Gasteiger charge is -2.31. The van der Waals surface area contributed by atoms with Gasteiger partial charge in [-0.15, -0.1) is 0 Å². The second kappa shape index (κ2) is 10.3. The highest BCUT2D eigenvalue weighted by Crippen LogP contribution is 2.33. The molecule has 0 saturated heterocycles. The van der Waals surface area contributed by atoms with E-state index in [0.717, 1.165) is 21.7 Å². The first-order valence-electron chi connectivity index (χ1n) is 9.44. The van der Waals surface area contributed by atoms with Crippen LogP contribution in [0.3, 0.4) is 0 Å². The number of nitrogens with zero attached hydrogens (tertiary/aromatic N) is 2. The van der Waals surface area contributed by atoms with Crippen LogP contribution in [0.5, 0.6) is 0 Å². The predicted molar refractivity (Wildman–Crippen MR) is 124 cm³/mol. The molecule has 31 heavy (non-hydrogen) atoms. The van der Waals surface area contributed by atoms with Gasteiger partial charge >= 0.3 is 0 Å². The summed E-state index contributed by atoms with van der Waals surface area (Å²) in [5.41, 5.74) is 1.88. The number of halogens is 2. The van der Waals surface area contributed by atoms with Crippen LogP contribution in [0, 0.1) is 6.92 Å². The van der Waals surface area contributed by atoms with E-state index < -0.39 is 28.5 Å². The first-order valence-corrected chi connectivity index (χ1v) is 12.0. The van der Waals surface area contributed by atoms with Crippen LogP contribution < -0.4 is 9.62 Å². The zero-order valence-corrected chi connectivity index (χ0v) is 20.1. The third-order valence-corrected chi connectivity index (χ3v) is 6.83. The highest BCUT2D eigenvalue weighted by atomic mass is 35.5. The maximum atomic E-state index is 13.3. The van der Waals surface area contributed by atoms with Crippen LogP contribution in [-0.2, 0) is 26.2 Å². The van der Waals surface area contributed by atoms with E-state index >= 15 is 0 Å². The highest BCUT2D eigenvalue weighted by Gasteiger charge is 2.30. The Morgan fingerprint density at radius 2 is 1.74 bits per heavy atom. The lowest BCUT2D eigenvalue weighted by Crippen LogP contribution is -2.50. The summed E-state index contributed by atoms with van der Waals surface area (Å²) >= 11 is 12.3. The molecule has 2 aromatic carbocycles. The van der Waals surface area contributed by atoms with Crippen molar-refractivity contribution in [3.05, 3.63) is 63.6 Å². The number of aryl methyl sites for hydroxylation is 1. The summed E-state index contributed by atoms with van der Waals surface area (Å²) in [4.78, 5) is 27.0. The van der Waals surface area contributed by atoms with E-state index in [0.29, 0.717) is 0 Å². The molecule has 0 unspecified atom stereocenters. The van der Waals surface area contributed by atoms with Gasteiger partial charge in [0.15, 0.2) is 0 Å². The number of hydrogen-bond donors (Lipinski definition) is 1. The molecule has 0 spiro atoms. The molecule has 1 atom stereocenters. The Morgan fingerprint density at radius 3 is 2.32 bits per heavy atom. The van der Waals surface area contributed by atoms with Crippen molar-refractivity contribution in [3.8, 4) is 0 Å².